The van der Waals surface area contributed by atoms with Gasteiger partial charge in [0.25, 0.3) is 11.8 Å². The van der Waals surface area contributed by atoms with Crippen molar-refractivity contribution < 1.29 is 14.4 Å². The van der Waals surface area contributed by atoms with Crippen molar-refractivity contribution in [2.75, 3.05) is 6.61 Å². The van der Waals surface area contributed by atoms with Gasteiger partial charge in [0, 0.05) is 18.1 Å². The van der Waals surface area contributed by atoms with Crippen molar-refractivity contribution in [3.05, 3.63) is 35.7 Å². The molecule has 1 aromatic carbocycles. The Balaban J connectivity index is 1.85. The van der Waals surface area contributed by atoms with Gasteiger partial charge in [0.05, 0.1) is 11.1 Å². The Hall–Kier alpha value is -2.21. The first kappa shape index (κ1) is 17.6. The van der Waals surface area contributed by atoms with Gasteiger partial charge < -0.3 is 14.9 Å². The molecule has 134 valence electrons. The highest BCUT2D eigenvalue weighted by Crippen LogP contribution is 2.34. The fourth-order valence-electron chi connectivity index (χ4n) is 2.81. The summed E-state index contributed by atoms with van der Waals surface area (Å²) in [6.45, 7) is 6.10. The van der Waals surface area contributed by atoms with Crippen LogP contribution in [0.2, 0.25) is 0 Å². The maximum Gasteiger partial charge on any atom is 0.258 e. The summed E-state index contributed by atoms with van der Waals surface area (Å²) in [5, 5.41) is 16.3. The van der Waals surface area contributed by atoms with Crippen molar-refractivity contribution in [1.82, 2.24) is 15.5 Å². The van der Waals surface area contributed by atoms with Gasteiger partial charge >= 0.3 is 0 Å². The second kappa shape index (κ2) is 6.96. The van der Waals surface area contributed by atoms with E-state index in [4.69, 9.17) is 4.52 Å². The maximum atomic E-state index is 12.8. The molecular weight excluding hydrogens is 318 g/mol. The number of carbonyl (C=O) groups excluding carboxylic acids is 1. The lowest BCUT2D eigenvalue weighted by atomic mass is 9.96. The summed E-state index contributed by atoms with van der Waals surface area (Å²) in [5.41, 5.74) is 0.911. The third kappa shape index (κ3) is 4.07. The minimum atomic E-state index is -0.225. The van der Waals surface area contributed by atoms with Crippen LogP contribution in [0.1, 0.15) is 56.2 Å². The van der Waals surface area contributed by atoms with Crippen LogP contribution in [0.5, 0.6) is 0 Å². The second-order valence-corrected chi connectivity index (χ2v) is 7.65. The molecule has 1 amide bonds. The van der Waals surface area contributed by atoms with E-state index in [9.17, 15) is 9.90 Å². The zero-order chi connectivity index (χ0) is 18.0. The number of rotatable bonds is 6. The molecule has 1 aliphatic carbocycles. The standard InChI is InChI=1S/C19H25N3O3/c1-19(2,3)18-21-17(25-22-18)14-7-5-4-6-13(14)16(24)20-15(10-11-23)12-8-9-12/h4-7,12,15,23H,8-11H2,1-3H3,(H,20,24). The van der Waals surface area contributed by atoms with E-state index in [0.717, 1.165) is 12.8 Å². The lowest BCUT2D eigenvalue weighted by Crippen LogP contribution is -2.37. The first-order valence-corrected chi connectivity index (χ1v) is 8.75. The van der Waals surface area contributed by atoms with E-state index in [1.807, 2.05) is 39.0 Å². The van der Waals surface area contributed by atoms with E-state index in [0.29, 0.717) is 35.2 Å². The number of aliphatic hydroxyl groups excluding tert-OH is 1. The average Bonchev–Trinajstić information content (AvgIpc) is 3.29. The van der Waals surface area contributed by atoms with Crippen LogP contribution in [-0.2, 0) is 5.41 Å². The minimum Gasteiger partial charge on any atom is -0.396 e. The Bertz CT molecular complexity index is 744. The third-order valence-corrected chi connectivity index (χ3v) is 4.45. The molecule has 1 atom stereocenters. The number of benzene rings is 1. The normalized spacial score (nSPS) is 15.8. The first-order valence-electron chi connectivity index (χ1n) is 8.75. The molecule has 2 N–H and O–H groups in total. The summed E-state index contributed by atoms with van der Waals surface area (Å²) >= 11 is 0. The molecule has 1 aliphatic rings. The predicted molar refractivity (Wildman–Crippen MR) is 94.1 cm³/mol. The van der Waals surface area contributed by atoms with Crippen molar-refractivity contribution in [1.29, 1.82) is 0 Å². The van der Waals surface area contributed by atoms with E-state index < -0.39 is 0 Å². The van der Waals surface area contributed by atoms with Crippen LogP contribution >= 0.6 is 0 Å². The highest BCUT2D eigenvalue weighted by Gasteiger charge is 2.32. The Kier molecular flexibility index (Phi) is 4.90. The van der Waals surface area contributed by atoms with Crippen LogP contribution in [0.3, 0.4) is 0 Å². The van der Waals surface area contributed by atoms with E-state index in [1.165, 1.54) is 0 Å². The van der Waals surface area contributed by atoms with Gasteiger partial charge in [-0.15, -0.1) is 0 Å². The zero-order valence-corrected chi connectivity index (χ0v) is 15.0. The molecule has 25 heavy (non-hydrogen) atoms. The molecule has 0 radical (unpaired) electrons. The SMILES string of the molecule is CC(C)(C)c1noc(-c2ccccc2C(=O)NC(CCO)C2CC2)n1. The van der Waals surface area contributed by atoms with Crippen LogP contribution in [0.4, 0.5) is 0 Å². The van der Waals surface area contributed by atoms with Crippen molar-refractivity contribution in [2.45, 2.75) is 51.5 Å². The Morgan fingerprint density at radius 1 is 1.36 bits per heavy atom. The van der Waals surface area contributed by atoms with E-state index >= 15 is 0 Å². The van der Waals surface area contributed by atoms with Gasteiger partial charge in [0.2, 0.25) is 0 Å². The van der Waals surface area contributed by atoms with E-state index in [1.54, 1.807) is 6.07 Å². The number of nitrogens with one attached hydrogen (secondary N) is 1. The summed E-state index contributed by atoms with van der Waals surface area (Å²) < 4.78 is 5.40. The molecule has 1 aromatic heterocycles. The number of hydrogen-bond acceptors (Lipinski definition) is 5. The predicted octanol–water partition coefficient (Wildman–Crippen LogP) is 2.92. The average molecular weight is 343 g/mol. The highest BCUT2D eigenvalue weighted by atomic mass is 16.5. The van der Waals surface area contributed by atoms with Crippen LogP contribution in [-0.4, -0.2) is 33.8 Å². The van der Waals surface area contributed by atoms with Crippen LogP contribution in [0, 0.1) is 5.92 Å². The lowest BCUT2D eigenvalue weighted by molar-refractivity contribution is 0.0924. The quantitative estimate of drug-likeness (QED) is 0.842. The second-order valence-electron chi connectivity index (χ2n) is 7.65. The minimum absolute atomic E-state index is 0.0124. The van der Waals surface area contributed by atoms with E-state index in [2.05, 4.69) is 15.5 Å². The summed E-state index contributed by atoms with van der Waals surface area (Å²) in [6, 6.07) is 7.25. The van der Waals surface area contributed by atoms with Crippen LogP contribution in [0.15, 0.2) is 28.8 Å². The summed E-state index contributed by atoms with van der Waals surface area (Å²) in [7, 11) is 0. The first-order chi connectivity index (χ1) is 11.9. The fraction of sp³-hybridized carbons (Fsp3) is 0.526. The molecule has 1 fully saturated rings. The number of amides is 1. The topological polar surface area (TPSA) is 88.2 Å². The smallest absolute Gasteiger partial charge is 0.258 e. The molecule has 1 saturated carbocycles. The number of hydrogen-bond donors (Lipinski definition) is 2. The number of aliphatic hydroxyl groups is 1. The largest absolute Gasteiger partial charge is 0.396 e. The van der Waals surface area contributed by atoms with Gasteiger partial charge in [-0.3, -0.25) is 4.79 Å². The molecule has 0 bridgehead atoms. The van der Waals surface area contributed by atoms with Gasteiger partial charge in [0.15, 0.2) is 5.82 Å². The van der Waals surface area contributed by atoms with Crippen molar-refractivity contribution >= 4 is 5.91 Å². The molecule has 6 heteroatoms. The van der Waals surface area contributed by atoms with Gasteiger partial charge in [0.1, 0.15) is 0 Å². The number of carbonyl (C=O) groups is 1. The molecule has 0 aliphatic heterocycles. The maximum absolute atomic E-state index is 12.8. The van der Waals surface area contributed by atoms with Crippen molar-refractivity contribution in [2.24, 2.45) is 5.92 Å². The molecule has 0 saturated heterocycles. The molecular formula is C19H25N3O3. The Morgan fingerprint density at radius 3 is 2.68 bits per heavy atom. The lowest BCUT2D eigenvalue weighted by Gasteiger charge is -2.17. The molecule has 0 spiro atoms. The number of aromatic nitrogens is 2. The highest BCUT2D eigenvalue weighted by molar-refractivity contribution is 6.00. The van der Waals surface area contributed by atoms with Crippen LogP contribution < -0.4 is 5.32 Å². The molecule has 1 heterocycles. The van der Waals surface area contributed by atoms with Gasteiger partial charge in [-0.25, -0.2) is 0 Å². The van der Waals surface area contributed by atoms with Gasteiger partial charge in [-0.05, 0) is 37.3 Å². The Labute approximate surface area is 147 Å². The number of nitrogens with zero attached hydrogens (tertiary/aromatic N) is 2. The molecule has 2 aromatic rings. The van der Waals surface area contributed by atoms with Crippen molar-refractivity contribution in [3.8, 4) is 11.5 Å². The van der Waals surface area contributed by atoms with E-state index in [-0.39, 0.29) is 24.0 Å². The zero-order valence-electron chi connectivity index (χ0n) is 15.0. The summed E-state index contributed by atoms with van der Waals surface area (Å²) in [4.78, 5) is 17.2. The van der Waals surface area contributed by atoms with Crippen molar-refractivity contribution in [3.63, 3.8) is 0 Å². The fourth-order valence-corrected chi connectivity index (χ4v) is 2.81. The van der Waals surface area contributed by atoms with Gasteiger partial charge in [-0.1, -0.05) is 38.1 Å². The van der Waals surface area contributed by atoms with Crippen LogP contribution in [0.25, 0.3) is 11.5 Å². The summed E-state index contributed by atoms with van der Waals surface area (Å²) in [6.07, 6.45) is 2.78. The Morgan fingerprint density at radius 2 is 2.08 bits per heavy atom. The molecule has 6 nitrogen and oxygen atoms in total. The third-order valence-electron chi connectivity index (χ3n) is 4.45. The monoisotopic (exact) mass is 343 g/mol. The molecule has 3 rings (SSSR count). The summed E-state index contributed by atoms with van der Waals surface area (Å²) in [5.74, 6) is 1.25. The van der Waals surface area contributed by atoms with Gasteiger partial charge in [-0.2, -0.15) is 4.98 Å². The molecule has 1 unspecified atom stereocenters.